The molecule has 0 saturated heterocycles. The van der Waals surface area contributed by atoms with E-state index in [0.717, 1.165) is 10.8 Å². The molecule has 0 aliphatic rings. The Morgan fingerprint density at radius 2 is 1.81 bits per heavy atom. The molecule has 3 N–H and O–H groups in total. The molecule has 2 rings (SSSR count). The Morgan fingerprint density at radius 3 is 2.46 bits per heavy atom. The van der Waals surface area contributed by atoms with Crippen LogP contribution in [0, 0.1) is 0 Å². The van der Waals surface area contributed by atoms with Gasteiger partial charge in [0.05, 0.1) is 6.61 Å². The van der Waals surface area contributed by atoms with Crippen molar-refractivity contribution >= 4 is 28.6 Å². The first kappa shape index (κ1) is 19.4. The van der Waals surface area contributed by atoms with Crippen LogP contribution in [-0.2, 0) is 14.3 Å². The van der Waals surface area contributed by atoms with Crippen LogP contribution in [0.2, 0.25) is 0 Å². The minimum atomic E-state index is -1.51. The molecule has 138 valence electrons. The highest BCUT2D eigenvalue weighted by Crippen LogP contribution is 2.15. The first-order valence-corrected chi connectivity index (χ1v) is 8.16. The van der Waals surface area contributed by atoms with Gasteiger partial charge in [0, 0.05) is 25.6 Å². The topological polar surface area (TPSA) is 105 Å². The second-order valence-corrected chi connectivity index (χ2v) is 6.19. The molecule has 0 fully saturated rings. The average molecular weight is 358 g/mol. The summed E-state index contributed by atoms with van der Waals surface area (Å²) in [6, 6.07) is 13.1. The standard InChI is InChI=1S/C19H22N2O5/c1-19(12-26-2,18(24)25)21-16(22)9-10-20-17(23)15-8-7-13-5-3-4-6-14(13)11-15/h3-8,11H,9-10,12H2,1-2H3,(H,20,23)(H,21,22)(H,24,25). The van der Waals surface area contributed by atoms with Gasteiger partial charge in [0.1, 0.15) is 0 Å². The summed E-state index contributed by atoms with van der Waals surface area (Å²) >= 11 is 0. The highest BCUT2D eigenvalue weighted by Gasteiger charge is 2.34. The van der Waals surface area contributed by atoms with E-state index in [-0.39, 0.29) is 25.5 Å². The smallest absolute Gasteiger partial charge is 0.331 e. The number of carbonyl (C=O) groups is 3. The number of ether oxygens (including phenoxy) is 1. The molecule has 2 aromatic carbocycles. The van der Waals surface area contributed by atoms with E-state index in [4.69, 9.17) is 4.74 Å². The van der Waals surface area contributed by atoms with E-state index in [9.17, 15) is 19.5 Å². The Hall–Kier alpha value is -2.93. The lowest BCUT2D eigenvalue weighted by Gasteiger charge is -2.25. The summed E-state index contributed by atoms with van der Waals surface area (Å²) in [4.78, 5) is 35.4. The van der Waals surface area contributed by atoms with E-state index in [1.54, 1.807) is 12.1 Å². The van der Waals surface area contributed by atoms with E-state index in [1.807, 2.05) is 30.3 Å². The number of carboxylic acids is 1. The average Bonchev–Trinajstić information content (AvgIpc) is 2.61. The Bertz CT molecular complexity index is 820. The van der Waals surface area contributed by atoms with Gasteiger partial charge in [0.2, 0.25) is 5.91 Å². The lowest BCUT2D eigenvalue weighted by atomic mass is 10.0. The summed E-state index contributed by atoms with van der Waals surface area (Å²) in [5, 5.41) is 16.3. The normalized spacial score (nSPS) is 13.0. The summed E-state index contributed by atoms with van der Waals surface area (Å²) in [5.74, 6) is -1.96. The van der Waals surface area contributed by atoms with Crippen molar-refractivity contribution in [2.75, 3.05) is 20.3 Å². The van der Waals surface area contributed by atoms with Crippen LogP contribution < -0.4 is 10.6 Å². The highest BCUT2D eigenvalue weighted by molar-refractivity contribution is 5.98. The number of hydrogen-bond donors (Lipinski definition) is 3. The maximum Gasteiger partial charge on any atom is 0.331 e. The molecule has 2 aromatic rings. The molecular weight excluding hydrogens is 336 g/mol. The predicted octanol–water partition coefficient (Wildman–Crippen LogP) is 1.57. The monoisotopic (exact) mass is 358 g/mol. The molecular formula is C19H22N2O5. The molecule has 7 heteroatoms. The number of amides is 2. The molecule has 0 aliphatic heterocycles. The Kier molecular flexibility index (Phi) is 6.30. The fourth-order valence-electron chi connectivity index (χ4n) is 2.53. The van der Waals surface area contributed by atoms with E-state index in [2.05, 4.69) is 10.6 Å². The molecule has 0 radical (unpaired) electrons. The second kappa shape index (κ2) is 8.44. The summed E-state index contributed by atoms with van der Waals surface area (Å²) in [7, 11) is 1.36. The Labute approximate surface area is 151 Å². The SMILES string of the molecule is COCC(C)(NC(=O)CCNC(=O)c1ccc2ccccc2c1)C(=O)O. The summed E-state index contributed by atoms with van der Waals surface area (Å²) in [6.07, 6.45) is -0.0358. The highest BCUT2D eigenvalue weighted by atomic mass is 16.5. The van der Waals surface area contributed by atoms with Gasteiger partial charge >= 0.3 is 5.97 Å². The quantitative estimate of drug-likeness (QED) is 0.664. The lowest BCUT2D eigenvalue weighted by Crippen LogP contribution is -2.55. The van der Waals surface area contributed by atoms with E-state index in [1.165, 1.54) is 14.0 Å². The first-order valence-electron chi connectivity index (χ1n) is 8.16. The number of rotatable bonds is 8. The van der Waals surface area contributed by atoms with E-state index in [0.29, 0.717) is 5.56 Å². The summed E-state index contributed by atoms with van der Waals surface area (Å²) < 4.78 is 4.84. The van der Waals surface area contributed by atoms with Crippen molar-refractivity contribution in [3.8, 4) is 0 Å². The van der Waals surface area contributed by atoms with Crippen LogP contribution in [0.15, 0.2) is 42.5 Å². The maximum atomic E-state index is 12.2. The third-order valence-corrected chi connectivity index (χ3v) is 3.97. The van der Waals surface area contributed by atoms with Crippen molar-refractivity contribution in [1.29, 1.82) is 0 Å². The van der Waals surface area contributed by atoms with Crippen LogP contribution in [0.5, 0.6) is 0 Å². The van der Waals surface area contributed by atoms with Crippen LogP contribution in [0.1, 0.15) is 23.7 Å². The van der Waals surface area contributed by atoms with Crippen LogP contribution in [0.3, 0.4) is 0 Å². The molecule has 26 heavy (non-hydrogen) atoms. The number of benzene rings is 2. The van der Waals surface area contributed by atoms with E-state index < -0.39 is 17.4 Å². The van der Waals surface area contributed by atoms with Crippen LogP contribution in [-0.4, -0.2) is 48.7 Å². The third kappa shape index (κ3) is 4.80. The van der Waals surface area contributed by atoms with Gasteiger partial charge in [-0.05, 0) is 29.8 Å². The number of fused-ring (bicyclic) bond motifs is 1. The fraction of sp³-hybridized carbons (Fsp3) is 0.316. The van der Waals surface area contributed by atoms with Gasteiger partial charge in [-0.25, -0.2) is 4.79 Å². The van der Waals surface area contributed by atoms with E-state index >= 15 is 0 Å². The van der Waals surface area contributed by atoms with Gasteiger partial charge in [0.15, 0.2) is 5.54 Å². The number of aliphatic carboxylic acids is 1. The Balaban J connectivity index is 1.88. The molecule has 7 nitrogen and oxygen atoms in total. The van der Waals surface area contributed by atoms with Crippen molar-refractivity contribution in [3.05, 3.63) is 48.0 Å². The fourth-order valence-corrected chi connectivity index (χ4v) is 2.53. The molecule has 0 bridgehead atoms. The number of carbonyl (C=O) groups excluding carboxylic acids is 2. The van der Waals surface area contributed by atoms with Crippen LogP contribution >= 0.6 is 0 Å². The van der Waals surface area contributed by atoms with Crippen LogP contribution in [0.25, 0.3) is 10.8 Å². The lowest BCUT2D eigenvalue weighted by molar-refractivity contribution is -0.149. The second-order valence-electron chi connectivity index (χ2n) is 6.19. The molecule has 2 amide bonds. The number of nitrogens with one attached hydrogen (secondary N) is 2. The van der Waals surface area contributed by atoms with Gasteiger partial charge in [-0.2, -0.15) is 0 Å². The number of hydrogen-bond acceptors (Lipinski definition) is 4. The van der Waals surface area contributed by atoms with Crippen LogP contribution in [0.4, 0.5) is 0 Å². The summed E-state index contributed by atoms with van der Waals surface area (Å²) in [5.41, 5.74) is -1.01. The number of methoxy groups -OCH3 is 1. The maximum absolute atomic E-state index is 12.2. The third-order valence-electron chi connectivity index (χ3n) is 3.97. The van der Waals surface area contributed by atoms with Gasteiger partial charge in [-0.1, -0.05) is 30.3 Å². The Morgan fingerprint density at radius 1 is 1.12 bits per heavy atom. The predicted molar refractivity (Wildman–Crippen MR) is 97.0 cm³/mol. The zero-order valence-corrected chi connectivity index (χ0v) is 14.7. The molecule has 0 spiro atoms. The summed E-state index contributed by atoms with van der Waals surface area (Å²) in [6.45, 7) is 1.31. The van der Waals surface area contributed by atoms with Crippen molar-refractivity contribution in [1.82, 2.24) is 10.6 Å². The van der Waals surface area contributed by atoms with Crippen molar-refractivity contribution < 1.29 is 24.2 Å². The van der Waals surface area contributed by atoms with Crippen molar-refractivity contribution in [3.63, 3.8) is 0 Å². The molecule has 0 saturated carbocycles. The van der Waals surface area contributed by atoms with Gasteiger partial charge in [-0.3, -0.25) is 9.59 Å². The molecule has 0 aliphatic carbocycles. The number of carboxylic acid groups (broad SMARTS) is 1. The van der Waals surface area contributed by atoms with Gasteiger partial charge in [-0.15, -0.1) is 0 Å². The van der Waals surface area contributed by atoms with Gasteiger partial charge < -0.3 is 20.5 Å². The zero-order valence-electron chi connectivity index (χ0n) is 14.7. The largest absolute Gasteiger partial charge is 0.479 e. The first-order chi connectivity index (χ1) is 12.4. The minimum absolute atomic E-state index is 0.0358. The zero-order chi connectivity index (χ0) is 19.2. The molecule has 1 atom stereocenters. The van der Waals surface area contributed by atoms with Gasteiger partial charge in [0.25, 0.3) is 5.91 Å². The molecule has 1 unspecified atom stereocenters. The van der Waals surface area contributed by atoms with Crippen molar-refractivity contribution in [2.24, 2.45) is 0 Å². The minimum Gasteiger partial charge on any atom is -0.479 e. The van der Waals surface area contributed by atoms with Crippen molar-refractivity contribution in [2.45, 2.75) is 18.9 Å². The molecule has 0 aromatic heterocycles. The molecule has 0 heterocycles.